The van der Waals surface area contributed by atoms with Gasteiger partial charge >= 0.3 is 0 Å². The lowest BCUT2D eigenvalue weighted by Gasteiger charge is -2.32. The summed E-state index contributed by atoms with van der Waals surface area (Å²) in [5.74, 6) is 0.289. The number of hydrogen-bond acceptors (Lipinski definition) is 6. The number of sulfone groups is 1. The van der Waals surface area contributed by atoms with Gasteiger partial charge in [0.25, 0.3) is 5.91 Å². The predicted octanol–water partition coefficient (Wildman–Crippen LogP) is 2.37. The molecule has 0 atom stereocenters. The van der Waals surface area contributed by atoms with E-state index in [1.807, 2.05) is 13.8 Å². The van der Waals surface area contributed by atoms with Gasteiger partial charge < -0.3 is 4.90 Å². The summed E-state index contributed by atoms with van der Waals surface area (Å²) in [7, 11) is -3.07. The van der Waals surface area contributed by atoms with Gasteiger partial charge in [-0.15, -0.1) is 0 Å². The molecule has 1 aliphatic heterocycles. The Labute approximate surface area is 146 Å². The van der Waals surface area contributed by atoms with Gasteiger partial charge in [0.1, 0.15) is 11.0 Å². The molecule has 0 N–H and O–H groups in total. The smallest absolute Gasteiger partial charge is 0.253 e. The van der Waals surface area contributed by atoms with Crippen LogP contribution >= 0.6 is 11.7 Å². The minimum absolute atomic E-state index is 0.0652. The largest absolute Gasteiger partial charge is 0.339 e. The molecule has 8 heteroatoms. The zero-order valence-corrected chi connectivity index (χ0v) is 15.4. The molecule has 1 aromatic heterocycles. The van der Waals surface area contributed by atoms with Crippen molar-refractivity contribution in [1.82, 2.24) is 13.6 Å². The Morgan fingerprint density at radius 1 is 1.25 bits per heavy atom. The number of aromatic nitrogens is 2. The molecule has 0 aliphatic carbocycles. The first-order chi connectivity index (χ1) is 11.4. The Hall–Kier alpha value is -1.54. The van der Waals surface area contributed by atoms with E-state index in [4.69, 9.17) is 0 Å². The van der Waals surface area contributed by atoms with Crippen LogP contribution in [0.4, 0.5) is 0 Å². The molecule has 1 fully saturated rings. The minimum Gasteiger partial charge on any atom is -0.339 e. The number of carbonyl (C=O) groups is 1. The highest BCUT2D eigenvalue weighted by Gasteiger charge is 2.32. The van der Waals surface area contributed by atoms with Crippen molar-refractivity contribution in [2.45, 2.75) is 31.9 Å². The summed E-state index contributed by atoms with van der Waals surface area (Å²) >= 11 is 1.13. The lowest BCUT2D eigenvalue weighted by Crippen LogP contribution is -2.43. The number of benzene rings is 1. The first kappa shape index (κ1) is 17.3. The van der Waals surface area contributed by atoms with Crippen molar-refractivity contribution < 1.29 is 13.2 Å². The van der Waals surface area contributed by atoms with Crippen LogP contribution in [0, 0.1) is 5.92 Å². The molecular weight excluding hydrogens is 346 g/mol. The lowest BCUT2D eigenvalue weighted by molar-refractivity contribution is 0.0725. The second-order valence-corrected chi connectivity index (χ2v) is 9.54. The van der Waals surface area contributed by atoms with Crippen molar-refractivity contribution >= 4 is 38.5 Å². The fourth-order valence-corrected chi connectivity index (χ4v) is 5.76. The molecule has 24 heavy (non-hydrogen) atoms. The van der Waals surface area contributed by atoms with Crippen LogP contribution in [-0.4, -0.2) is 52.1 Å². The average Bonchev–Trinajstić information content (AvgIpc) is 3.00. The zero-order valence-electron chi connectivity index (χ0n) is 13.8. The second-order valence-electron chi connectivity index (χ2n) is 6.68. The summed E-state index contributed by atoms with van der Waals surface area (Å²) in [5.41, 5.74) is 2.09. The van der Waals surface area contributed by atoms with Crippen LogP contribution in [0.5, 0.6) is 0 Å². The van der Waals surface area contributed by atoms with E-state index in [0.29, 0.717) is 31.5 Å². The Bertz CT molecular complexity index is 837. The van der Waals surface area contributed by atoms with Gasteiger partial charge in [-0.2, -0.15) is 8.75 Å². The predicted molar refractivity (Wildman–Crippen MR) is 95.0 cm³/mol. The highest BCUT2D eigenvalue weighted by atomic mass is 32.2. The Morgan fingerprint density at radius 3 is 2.58 bits per heavy atom. The molecule has 2 aromatic rings. The molecule has 0 radical (unpaired) electrons. The Kier molecular flexibility index (Phi) is 4.87. The first-order valence-corrected chi connectivity index (χ1v) is 10.5. The lowest BCUT2D eigenvalue weighted by atomic mass is 10.1. The van der Waals surface area contributed by atoms with Gasteiger partial charge in [0.15, 0.2) is 9.84 Å². The quantitative estimate of drug-likeness (QED) is 0.829. The summed E-state index contributed by atoms with van der Waals surface area (Å²) in [6.45, 7) is 4.79. The van der Waals surface area contributed by atoms with Crippen LogP contribution < -0.4 is 0 Å². The average molecular weight is 367 g/mol. The number of rotatable bonds is 4. The molecule has 0 unspecified atom stereocenters. The summed E-state index contributed by atoms with van der Waals surface area (Å²) in [5, 5.41) is -0.325. The van der Waals surface area contributed by atoms with Gasteiger partial charge in [-0.3, -0.25) is 4.79 Å². The maximum absolute atomic E-state index is 12.6. The van der Waals surface area contributed by atoms with Crippen molar-refractivity contribution in [3.05, 3.63) is 23.8 Å². The van der Waals surface area contributed by atoms with E-state index < -0.39 is 9.84 Å². The van der Waals surface area contributed by atoms with Crippen LogP contribution in [0.15, 0.2) is 18.2 Å². The highest BCUT2D eigenvalue weighted by Crippen LogP contribution is 2.22. The normalized spacial score (nSPS) is 16.9. The molecular formula is C16H21N3O3S2. The van der Waals surface area contributed by atoms with Gasteiger partial charge in [-0.05, 0) is 37.0 Å². The molecule has 0 saturated carbocycles. The second kappa shape index (κ2) is 6.76. The van der Waals surface area contributed by atoms with Gasteiger partial charge in [-0.25, -0.2) is 8.42 Å². The SMILES string of the molecule is CC(C)CS(=O)(=O)C1CCN(C(=O)c2ccc3nsnc3c2)CC1. The molecule has 0 bridgehead atoms. The summed E-state index contributed by atoms with van der Waals surface area (Å²) in [6, 6.07) is 5.31. The molecule has 0 spiro atoms. The van der Waals surface area contributed by atoms with E-state index in [2.05, 4.69) is 8.75 Å². The van der Waals surface area contributed by atoms with E-state index in [1.165, 1.54) is 0 Å². The Morgan fingerprint density at radius 2 is 1.92 bits per heavy atom. The topological polar surface area (TPSA) is 80.2 Å². The number of amides is 1. The molecule has 6 nitrogen and oxygen atoms in total. The molecule has 1 aromatic carbocycles. The van der Waals surface area contributed by atoms with E-state index in [-0.39, 0.29) is 22.8 Å². The van der Waals surface area contributed by atoms with Crippen LogP contribution in [0.2, 0.25) is 0 Å². The summed E-state index contributed by atoms with van der Waals surface area (Å²) < 4.78 is 33.0. The van der Waals surface area contributed by atoms with Crippen molar-refractivity contribution in [3.8, 4) is 0 Å². The fraction of sp³-hybridized carbons (Fsp3) is 0.562. The van der Waals surface area contributed by atoms with Crippen LogP contribution in [0.25, 0.3) is 11.0 Å². The maximum Gasteiger partial charge on any atom is 0.253 e. The third-order valence-electron chi connectivity index (χ3n) is 4.30. The van der Waals surface area contributed by atoms with E-state index in [0.717, 1.165) is 22.8 Å². The van der Waals surface area contributed by atoms with Gasteiger partial charge in [-0.1, -0.05) is 13.8 Å². The van der Waals surface area contributed by atoms with Gasteiger partial charge in [0.2, 0.25) is 0 Å². The molecule has 130 valence electrons. The van der Waals surface area contributed by atoms with E-state index in [1.54, 1.807) is 23.1 Å². The van der Waals surface area contributed by atoms with Crippen LogP contribution in [0.3, 0.4) is 0 Å². The minimum atomic E-state index is -3.07. The molecule has 3 rings (SSSR count). The van der Waals surface area contributed by atoms with Crippen LogP contribution in [-0.2, 0) is 9.84 Å². The molecule has 1 amide bonds. The highest BCUT2D eigenvalue weighted by molar-refractivity contribution is 7.92. The molecule has 1 saturated heterocycles. The monoisotopic (exact) mass is 367 g/mol. The van der Waals surface area contributed by atoms with E-state index >= 15 is 0 Å². The maximum atomic E-state index is 12.6. The van der Waals surface area contributed by atoms with Gasteiger partial charge in [0, 0.05) is 18.7 Å². The number of carbonyl (C=O) groups excluding carboxylic acids is 1. The van der Waals surface area contributed by atoms with Crippen molar-refractivity contribution in [2.24, 2.45) is 5.92 Å². The number of likely N-dealkylation sites (tertiary alicyclic amines) is 1. The van der Waals surface area contributed by atoms with Crippen molar-refractivity contribution in [2.75, 3.05) is 18.8 Å². The summed E-state index contributed by atoms with van der Waals surface area (Å²) in [4.78, 5) is 14.4. The molecule has 1 aliphatic rings. The van der Waals surface area contributed by atoms with E-state index in [9.17, 15) is 13.2 Å². The third kappa shape index (κ3) is 3.59. The van der Waals surface area contributed by atoms with Gasteiger partial charge in [0.05, 0.1) is 22.7 Å². The number of piperidine rings is 1. The number of hydrogen-bond donors (Lipinski definition) is 0. The van der Waals surface area contributed by atoms with Crippen molar-refractivity contribution in [1.29, 1.82) is 0 Å². The third-order valence-corrected chi connectivity index (χ3v) is 7.48. The first-order valence-electron chi connectivity index (χ1n) is 8.10. The Balaban J connectivity index is 1.66. The summed E-state index contributed by atoms with van der Waals surface area (Å²) in [6.07, 6.45) is 1.03. The number of nitrogens with zero attached hydrogens (tertiary/aromatic N) is 3. The number of fused-ring (bicyclic) bond motifs is 1. The fourth-order valence-electron chi connectivity index (χ4n) is 3.12. The van der Waals surface area contributed by atoms with Crippen LogP contribution in [0.1, 0.15) is 37.0 Å². The standard InChI is InChI=1S/C16H21N3O3S2/c1-11(2)10-24(21,22)13-5-7-19(8-6-13)16(20)12-3-4-14-15(9-12)18-23-17-14/h3-4,9,11,13H,5-8,10H2,1-2H3. The zero-order chi connectivity index (χ0) is 17.3. The van der Waals surface area contributed by atoms with Crippen molar-refractivity contribution in [3.63, 3.8) is 0 Å². The molecule has 2 heterocycles.